The summed E-state index contributed by atoms with van der Waals surface area (Å²) in [5, 5.41) is 4.18. The van der Waals surface area contributed by atoms with Gasteiger partial charge in [-0.1, -0.05) is 0 Å². The van der Waals surface area contributed by atoms with E-state index in [4.69, 9.17) is 0 Å². The summed E-state index contributed by atoms with van der Waals surface area (Å²) >= 11 is 0. The summed E-state index contributed by atoms with van der Waals surface area (Å²) in [5.41, 5.74) is 0. The van der Waals surface area contributed by atoms with Gasteiger partial charge in [-0.15, -0.1) is 0 Å². The molecule has 1 heterocycles. The molecule has 4 heteroatoms. The van der Waals surface area contributed by atoms with Crippen LogP contribution in [0.15, 0.2) is 0 Å². The number of Topliss-reactive ketones (excluding diaryl/α,β-unsaturated/α-hetero) is 1. The van der Waals surface area contributed by atoms with Crippen molar-refractivity contribution < 1.29 is 4.79 Å². The molecule has 1 fully saturated rings. The van der Waals surface area contributed by atoms with Gasteiger partial charge in [-0.25, -0.2) is 9.67 Å². The summed E-state index contributed by atoms with van der Waals surface area (Å²) in [6.07, 6.45) is 2.34. The van der Waals surface area contributed by atoms with Crippen molar-refractivity contribution in [3.63, 3.8) is 0 Å². The fourth-order valence-corrected chi connectivity index (χ4v) is 1.23. The van der Waals surface area contributed by atoms with Crippen molar-refractivity contribution in [1.82, 2.24) is 14.8 Å². The molecule has 0 amide bonds. The van der Waals surface area contributed by atoms with Crippen molar-refractivity contribution in [1.29, 1.82) is 0 Å². The summed E-state index contributed by atoms with van der Waals surface area (Å²) in [6.45, 7) is 1.51. The first-order valence-electron chi connectivity index (χ1n) is 4.10. The van der Waals surface area contributed by atoms with Crippen molar-refractivity contribution in [3.8, 4) is 0 Å². The molecule has 2 rings (SSSR count). The van der Waals surface area contributed by atoms with Crippen molar-refractivity contribution in [2.24, 2.45) is 7.05 Å². The van der Waals surface area contributed by atoms with E-state index in [1.165, 1.54) is 19.8 Å². The third-order valence-electron chi connectivity index (χ3n) is 2.04. The minimum absolute atomic E-state index is 0.0168. The maximum atomic E-state index is 11.0. The zero-order valence-corrected chi connectivity index (χ0v) is 7.24. The van der Waals surface area contributed by atoms with Crippen molar-refractivity contribution in [3.05, 3.63) is 11.6 Å². The number of rotatable bonds is 2. The van der Waals surface area contributed by atoms with Crippen LogP contribution in [0.3, 0.4) is 0 Å². The Bertz CT molecular complexity index is 325. The third-order valence-corrected chi connectivity index (χ3v) is 2.04. The average molecular weight is 165 g/mol. The first-order chi connectivity index (χ1) is 5.68. The van der Waals surface area contributed by atoms with Crippen LogP contribution in [0.5, 0.6) is 0 Å². The molecule has 0 aliphatic heterocycles. The molecule has 1 aromatic rings. The number of hydrogen-bond acceptors (Lipinski definition) is 3. The molecular formula is C8H11N3O. The van der Waals surface area contributed by atoms with Crippen LogP contribution in [0.25, 0.3) is 0 Å². The number of aromatic nitrogens is 3. The molecule has 0 radical (unpaired) electrons. The van der Waals surface area contributed by atoms with Crippen molar-refractivity contribution in [2.75, 3.05) is 0 Å². The van der Waals surface area contributed by atoms with Gasteiger partial charge in [0.05, 0.1) is 0 Å². The summed E-state index contributed by atoms with van der Waals surface area (Å²) in [4.78, 5) is 15.2. The number of ketones is 1. The molecule has 12 heavy (non-hydrogen) atoms. The van der Waals surface area contributed by atoms with Gasteiger partial charge in [0.2, 0.25) is 0 Å². The number of carbonyl (C=O) groups is 1. The molecule has 0 atom stereocenters. The molecule has 0 N–H and O–H groups in total. The molecule has 0 spiro atoms. The van der Waals surface area contributed by atoms with E-state index >= 15 is 0 Å². The lowest BCUT2D eigenvalue weighted by atomic mass is 10.4. The second-order valence-corrected chi connectivity index (χ2v) is 3.25. The minimum atomic E-state index is -0.0168. The molecular weight excluding hydrogens is 154 g/mol. The number of hydrogen-bond donors (Lipinski definition) is 0. The van der Waals surface area contributed by atoms with Crippen LogP contribution < -0.4 is 0 Å². The highest BCUT2D eigenvalue weighted by Gasteiger charge is 2.28. The van der Waals surface area contributed by atoms with E-state index in [0.29, 0.717) is 11.7 Å². The molecule has 1 saturated carbocycles. The minimum Gasteiger partial charge on any atom is -0.291 e. The van der Waals surface area contributed by atoms with Crippen LogP contribution in [-0.2, 0) is 7.05 Å². The van der Waals surface area contributed by atoms with E-state index in [1.54, 1.807) is 11.7 Å². The highest BCUT2D eigenvalue weighted by atomic mass is 16.1. The first-order valence-corrected chi connectivity index (χ1v) is 4.10. The lowest BCUT2D eigenvalue weighted by Gasteiger charge is -1.89. The Balaban J connectivity index is 2.36. The van der Waals surface area contributed by atoms with Gasteiger partial charge in [-0.05, 0) is 12.8 Å². The standard InChI is InChI=1S/C8H11N3O/c1-5(12)8-9-7(6-3-4-6)10-11(8)2/h6H,3-4H2,1-2H3. The number of nitrogens with zero attached hydrogens (tertiary/aromatic N) is 3. The van der Waals surface area contributed by atoms with Crippen molar-refractivity contribution >= 4 is 5.78 Å². The van der Waals surface area contributed by atoms with Gasteiger partial charge in [0.1, 0.15) is 0 Å². The maximum absolute atomic E-state index is 11.0. The lowest BCUT2D eigenvalue weighted by molar-refractivity contribution is 0.0999. The predicted octanol–water partition coefficient (Wildman–Crippen LogP) is 0.895. The molecule has 64 valence electrons. The van der Waals surface area contributed by atoms with Gasteiger partial charge < -0.3 is 0 Å². The van der Waals surface area contributed by atoms with Crippen LogP contribution in [0.2, 0.25) is 0 Å². The quantitative estimate of drug-likeness (QED) is 0.611. The molecule has 1 aliphatic carbocycles. The van der Waals surface area contributed by atoms with Crippen molar-refractivity contribution in [2.45, 2.75) is 25.7 Å². The number of aryl methyl sites for hydroxylation is 1. The second kappa shape index (κ2) is 2.40. The van der Waals surface area contributed by atoms with Gasteiger partial charge in [-0.2, -0.15) is 5.10 Å². The maximum Gasteiger partial charge on any atom is 0.196 e. The summed E-state index contributed by atoms with van der Waals surface area (Å²) in [7, 11) is 1.76. The largest absolute Gasteiger partial charge is 0.291 e. The molecule has 1 aliphatic rings. The monoisotopic (exact) mass is 165 g/mol. The van der Waals surface area contributed by atoms with E-state index in [0.717, 1.165) is 5.82 Å². The summed E-state index contributed by atoms with van der Waals surface area (Å²) in [5.74, 6) is 1.81. The van der Waals surface area contributed by atoms with Crippen LogP contribution in [0.1, 0.15) is 42.1 Å². The third kappa shape index (κ3) is 1.13. The highest BCUT2D eigenvalue weighted by molar-refractivity contribution is 5.90. The molecule has 0 unspecified atom stereocenters. The van der Waals surface area contributed by atoms with E-state index in [9.17, 15) is 4.79 Å². The summed E-state index contributed by atoms with van der Waals surface area (Å²) < 4.78 is 1.57. The first kappa shape index (κ1) is 7.46. The van der Waals surface area contributed by atoms with E-state index in [-0.39, 0.29) is 5.78 Å². The topological polar surface area (TPSA) is 47.8 Å². The Morgan fingerprint density at radius 1 is 1.58 bits per heavy atom. The molecule has 1 aromatic heterocycles. The zero-order valence-electron chi connectivity index (χ0n) is 7.24. The second-order valence-electron chi connectivity index (χ2n) is 3.25. The Hall–Kier alpha value is -1.19. The SMILES string of the molecule is CC(=O)c1nc(C2CC2)nn1C. The fourth-order valence-electron chi connectivity index (χ4n) is 1.23. The van der Waals surface area contributed by atoms with Crippen LogP contribution in [0, 0.1) is 0 Å². The van der Waals surface area contributed by atoms with Gasteiger partial charge in [0.25, 0.3) is 0 Å². The van der Waals surface area contributed by atoms with Gasteiger partial charge in [0, 0.05) is 19.9 Å². The highest BCUT2D eigenvalue weighted by Crippen LogP contribution is 2.37. The Morgan fingerprint density at radius 2 is 2.25 bits per heavy atom. The molecule has 0 bridgehead atoms. The average Bonchev–Trinajstić information content (AvgIpc) is 2.75. The van der Waals surface area contributed by atoms with Gasteiger partial charge in [0.15, 0.2) is 17.4 Å². The van der Waals surface area contributed by atoms with Crippen LogP contribution >= 0.6 is 0 Å². The molecule has 4 nitrogen and oxygen atoms in total. The molecule has 0 aromatic carbocycles. The van der Waals surface area contributed by atoms with Gasteiger partial charge >= 0.3 is 0 Å². The Morgan fingerprint density at radius 3 is 2.67 bits per heavy atom. The van der Waals surface area contributed by atoms with Crippen LogP contribution in [-0.4, -0.2) is 20.5 Å². The van der Waals surface area contributed by atoms with E-state index < -0.39 is 0 Å². The Kier molecular flexibility index (Phi) is 1.49. The predicted molar refractivity (Wildman–Crippen MR) is 43.0 cm³/mol. The fraction of sp³-hybridized carbons (Fsp3) is 0.625. The van der Waals surface area contributed by atoms with Crippen LogP contribution in [0.4, 0.5) is 0 Å². The van der Waals surface area contributed by atoms with Gasteiger partial charge in [-0.3, -0.25) is 4.79 Å². The van der Waals surface area contributed by atoms with E-state index in [2.05, 4.69) is 10.1 Å². The molecule has 0 saturated heterocycles. The Labute approximate surface area is 70.6 Å². The number of carbonyl (C=O) groups excluding carboxylic acids is 1. The zero-order chi connectivity index (χ0) is 8.72. The summed E-state index contributed by atoms with van der Waals surface area (Å²) in [6, 6.07) is 0. The van der Waals surface area contributed by atoms with E-state index in [1.807, 2.05) is 0 Å². The smallest absolute Gasteiger partial charge is 0.196 e. The lowest BCUT2D eigenvalue weighted by Crippen LogP contribution is -2.03. The normalized spacial score (nSPS) is 16.5.